The molecule has 1 amide bonds. The third kappa shape index (κ3) is 2.91. The SMILES string of the molecule is Cc1nc(N2CCOCC2)nc2c1COC[C@@]21CCN(C(=O)C2CCC2)C1. The smallest absolute Gasteiger partial charge is 0.225 e. The van der Waals surface area contributed by atoms with Crippen LogP contribution in [0.1, 0.15) is 42.6 Å². The molecule has 0 aromatic carbocycles. The summed E-state index contributed by atoms with van der Waals surface area (Å²) in [6, 6.07) is 0. The van der Waals surface area contributed by atoms with Gasteiger partial charge in [0.25, 0.3) is 0 Å². The van der Waals surface area contributed by atoms with Crippen LogP contribution in [-0.2, 0) is 26.3 Å². The summed E-state index contributed by atoms with van der Waals surface area (Å²) >= 11 is 0. The number of anilines is 1. The Morgan fingerprint density at radius 3 is 2.70 bits per heavy atom. The van der Waals surface area contributed by atoms with Crippen molar-refractivity contribution in [2.24, 2.45) is 5.92 Å². The highest BCUT2D eigenvalue weighted by molar-refractivity contribution is 5.80. The molecule has 1 saturated carbocycles. The number of likely N-dealkylation sites (tertiary alicyclic amines) is 1. The standard InChI is InChI=1S/C20H28N4O3/c1-14-16-11-27-13-20(5-6-24(12-20)18(25)15-3-2-4-15)17(16)22-19(21-14)23-7-9-26-10-8-23/h15H,2-13H2,1H3/t20-/m0/s1. The lowest BCUT2D eigenvalue weighted by Crippen LogP contribution is -2.44. The Hall–Kier alpha value is -1.73. The Balaban J connectivity index is 1.46. The van der Waals surface area contributed by atoms with E-state index in [1.165, 1.54) is 6.42 Å². The molecule has 3 fully saturated rings. The molecular weight excluding hydrogens is 344 g/mol. The summed E-state index contributed by atoms with van der Waals surface area (Å²) in [5.41, 5.74) is 3.06. The summed E-state index contributed by atoms with van der Waals surface area (Å²) < 4.78 is 11.5. The van der Waals surface area contributed by atoms with Gasteiger partial charge in [0.05, 0.1) is 37.5 Å². The zero-order valence-electron chi connectivity index (χ0n) is 16.1. The first-order chi connectivity index (χ1) is 13.2. The summed E-state index contributed by atoms with van der Waals surface area (Å²) in [7, 11) is 0. The van der Waals surface area contributed by atoms with Crippen molar-refractivity contribution >= 4 is 11.9 Å². The summed E-state index contributed by atoms with van der Waals surface area (Å²) in [4.78, 5) is 26.9. The van der Waals surface area contributed by atoms with Gasteiger partial charge >= 0.3 is 0 Å². The molecule has 0 bridgehead atoms. The van der Waals surface area contributed by atoms with E-state index in [9.17, 15) is 4.79 Å². The van der Waals surface area contributed by atoms with Gasteiger partial charge in [0.15, 0.2) is 0 Å². The highest BCUT2D eigenvalue weighted by Crippen LogP contribution is 2.42. The van der Waals surface area contributed by atoms with E-state index in [1.54, 1.807) is 0 Å². The second-order valence-electron chi connectivity index (χ2n) is 8.45. The molecule has 1 aromatic rings. The predicted octanol–water partition coefficient (Wildman–Crippen LogP) is 1.42. The molecule has 7 heteroatoms. The van der Waals surface area contributed by atoms with Crippen LogP contribution in [0.5, 0.6) is 0 Å². The lowest BCUT2D eigenvalue weighted by atomic mass is 9.80. The van der Waals surface area contributed by atoms with Crippen molar-refractivity contribution in [3.63, 3.8) is 0 Å². The lowest BCUT2D eigenvalue weighted by molar-refractivity contribution is -0.137. The molecule has 7 nitrogen and oxygen atoms in total. The van der Waals surface area contributed by atoms with Gasteiger partial charge in [0.2, 0.25) is 11.9 Å². The summed E-state index contributed by atoms with van der Waals surface area (Å²) in [6.07, 6.45) is 4.23. The minimum atomic E-state index is -0.179. The maximum Gasteiger partial charge on any atom is 0.225 e. The molecule has 0 radical (unpaired) electrons. The molecule has 1 aliphatic carbocycles. The van der Waals surface area contributed by atoms with Gasteiger partial charge < -0.3 is 19.3 Å². The summed E-state index contributed by atoms with van der Waals surface area (Å²) in [5, 5.41) is 0. The second kappa shape index (κ2) is 6.71. The van der Waals surface area contributed by atoms with Gasteiger partial charge in [-0.15, -0.1) is 0 Å². The number of amides is 1. The zero-order chi connectivity index (χ0) is 18.4. The summed E-state index contributed by atoms with van der Waals surface area (Å²) in [5.74, 6) is 1.39. The third-order valence-electron chi connectivity index (χ3n) is 6.74. The number of hydrogen-bond donors (Lipinski definition) is 0. The molecule has 4 heterocycles. The number of aryl methyl sites for hydroxylation is 1. The number of ether oxygens (including phenoxy) is 2. The van der Waals surface area contributed by atoms with E-state index in [0.717, 1.165) is 81.6 Å². The van der Waals surface area contributed by atoms with Crippen LogP contribution in [0.3, 0.4) is 0 Å². The van der Waals surface area contributed by atoms with E-state index in [-0.39, 0.29) is 11.3 Å². The Labute approximate surface area is 160 Å². The van der Waals surface area contributed by atoms with Crippen molar-refractivity contribution in [1.29, 1.82) is 0 Å². The number of hydrogen-bond acceptors (Lipinski definition) is 6. The van der Waals surface area contributed by atoms with Crippen molar-refractivity contribution in [2.75, 3.05) is 50.9 Å². The number of nitrogens with zero attached hydrogens (tertiary/aromatic N) is 4. The van der Waals surface area contributed by atoms with Gasteiger partial charge in [-0.25, -0.2) is 9.97 Å². The number of rotatable bonds is 2. The maximum absolute atomic E-state index is 12.8. The monoisotopic (exact) mass is 372 g/mol. The minimum Gasteiger partial charge on any atom is -0.378 e. The topological polar surface area (TPSA) is 67.8 Å². The van der Waals surface area contributed by atoms with Crippen LogP contribution in [0.15, 0.2) is 0 Å². The van der Waals surface area contributed by atoms with E-state index in [4.69, 9.17) is 19.4 Å². The maximum atomic E-state index is 12.8. The molecule has 0 unspecified atom stereocenters. The van der Waals surface area contributed by atoms with Crippen molar-refractivity contribution in [3.8, 4) is 0 Å². The van der Waals surface area contributed by atoms with E-state index in [2.05, 4.69) is 16.7 Å². The van der Waals surface area contributed by atoms with Gasteiger partial charge in [-0.2, -0.15) is 0 Å². The largest absolute Gasteiger partial charge is 0.378 e. The molecule has 5 rings (SSSR count). The number of carbonyl (C=O) groups excluding carboxylic acids is 1. The molecule has 3 aliphatic heterocycles. The van der Waals surface area contributed by atoms with E-state index in [0.29, 0.717) is 19.1 Å². The van der Waals surface area contributed by atoms with Crippen molar-refractivity contribution in [2.45, 2.75) is 44.6 Å². The number of aromatic nitrogens is 2. The van der Waals surface area contributed by atoms with Crippen molar-refractivity contribution in [1.82, 2.24) is 14.9 Å². The molecular formula is C20H28N4O3. The second-order valence-corrected chi connectivity index (χ2v) is 8.45. The summed E-state index contributed by atoms with van der Waals surface area (Å²) in [6.45, 7) is 7.91. The van der Waals surface area contributed by atoms with E-state index < -0.39 is 0 Å². The van der Waals surface area contributed by atoms with Gasteiger partial charge in [-0.05, 0) is 26.2 Å². The van der Waals surface area contributed by atoms with Crippen LogP contribution in [0.2, 0.25) is 0 Å². The number of fused-ring (bicyclic) bond motifs is 2. The average molecular weight is 372 g/mol. The molecule has 146 valence electrons. The number of morpholine rings is 1. The quantitative estimate of drug-likeness (QED) is 0.782. The van der Waals surface area contributed by atoms with Crippen LogP contribution in [0.4, 0.5) is 5.95 Å². The molecule has 2 saturated heterocycles. The van der Waals surface area contributed by atoms with Crippen molar-refractivity contribution in [3.05, 3.63) is 17.0 Å². The molecule has 1 atom stereocenters. The fourth-order valence-corrected chi connectivity index (χ4v) is 4.80. The van der Waals surface area contributed by atoms with Gasteiger partial charge in [0, 0.05) is 43.4 Å². The first-order valence-corrected chi connectivity index (χ1v) is 10.2. The molecule has 4 aliphatic rings. The van der Waals surface area contributed by atoms with Crippen LogP contribution in [0, 0.1) is 12.8 Å². The fourth-order valence-electron chi connectivity index (χ4n) is 4.80. The van der Waals surface area contributed by atoms with Crippen molar-refractivity contribution < 1.29 is 14.3 Å². The van der Waals surface area contributed by atoms with Crippen LogP contribution < -0.4 is 4.90 Å². The average Bonchev–Trinajstić information content (AvgIpc) is 3.07. The molecule has 27 heavy (non-hydrogen) atoms. The first kappa shape index (κ1) is 17.4. The third-order valence-corrected chi connectivity index (χ3v) is 6.74. The highest BCUT2D eigenvalue weighted by Gasteiger charge is 2.48. The molecule has 1 spiro atoms. The Kier molecular flexibility index (Phi) is 4.31. The van der Waals surface area contributed by atoms with Crippen LogP contribution >= 0.6 is 0 Å². The van der Waals surface area contributed by atoms with Gasteiger partial charge in [-0.1, -0.05) is 6.42 Å². The van der Waals surface area contributed by atoms with Crippen LogP contribution in [-0.4, -0.2) is 66.8 Å². The van der Waals surface area contributed by atoms with Gasteiger partial charge in [0.1, 0.15) is 0 Å². The van der Waals surface area contributed by atoms with Gasteiger partial charge in [-0.3, -0.25) is 4.79 Å². The predicted molar refractivity (Wildman–Crippen MR) is 99.7 cm³/mol. The normalized spacial score (nSPS) is 28.3. The zero-order valence-corrected chi connectivity index (χ0v) is 16.1. The molecule has 1 aromatic heterocycles. The van der Waals surface area contributed by atoms with E-state index in [1.807, 2.05) is 0 Å². The fraction of sp³-hybridized carbons (Fsp3) is 0.750. The van der Waals surface area contributed by atoms with E-state index >= 15 is 0 Å². The Bertz CT molecular complexity index is 745. The molecule has 0 N–H and O–H groups in total. The Morgan fingerprint density at radius 2 is 1.96 bits per heavy atom. The Morgan fingerprint density at radius 1 is 1.15 bits per heavy atom. The number of carbonyl (C=O) groups is 1. The first-order valence-electron chi connectivity index (χ1n) is 10.2. The highest BCUT2D eigenvalue weighted by atomic mass is 16.5. The lowest BCUT2D eigenvalue weighted by Gasteiger charge is -2.37. The van der Waals surface area contributed by atoms with Crippen LogP contribution in [0.25, 0.3) is 0 Å². The minimum absolute atomic E-state index is 0.179.